The Hall–Kier alpha value is -1.22. The van der Waals surface area contributed by atoms with Crippen molar-refractivity contribution in [2.45, 2.75) is 18.9 Å². The van der Waals surface area contributed by atoms with Crippen LogP contribution in [0.5, 0.6) is 0 Å². The van der Waals surface area contributed by atoms with Gasteiger partial charge in [0.15, 0.2) is 0 Å². The number of hydrogen-bond acceptors (Lipinski definition) is 2. The molecule has 4 heteroatoms. The Morgan fingerprint density at radius 1 is 1.10 bits per heavy atom. The first-order valence-corrected chi connectivity index (χ1v) is 7.86. The van der Waals surface area contributed by atoms with E-state index in [4.69, 9.17) is 23.2 Å². The molecule has 0 spiro atoms. The van der Waals surface area contributed by atoms with Crippen LogP contribution in [-0.4, -0.2) is 18.2 Å². The predicted octanol–water partition coefficient (Wildman–Crippen LogP) is 4.48. The van der Waals surface area contributed by atoms with E-state index in [2.05, 4.69) is 29.2 Å². The number of anilines is 1. The molecule has 0 saturated heterocycles. The topological polar surface area (TPSA) is 23.5 Å². The molecule has 21 heavy (non-hydrogen) atoms. The minimum Gasteiger partial charge on any atom is -0.388 e. The molecule has 110 valence electrons. The molecule has 2 aromatic rings. The molecule has 0 amide bonds. The molecule has 1 aliphatic heterocycles. The maximum atomic E-state index is 10.3. The van der Waals surface area contributed by atoms with E-state index in [1.54, 1.807) is 12.1 Å². The normalized spacial score (nSPS) is 15.1. The van der Waals surface area contributed by atoms with Crippen molar-refractivity contribution in [2.24, 2.45) is 0 Å². The number of para-hydroxylation sites is 1. The summed E-state index contributed by atoms with van der Waals surface area (Å²) < 4.78 is 0. The largest absolute Gasteiger partial charge is 0.388 e. The van der Waals surface area contributed by atoms with E-state index in [1.165, 1.54) is 11.3 Å². The second kappa shape index (κ2) is 6.27. The van der Waals surface area contributed by atoms with Gasteiger partial charge in [0.2, 0.25) is 0 Å². The molecule has 0 aliphatic carbocycles. The Kier molecular flexibility index (Phi) is 4.39. The molecular weight excluding hydrogens is 305 g/mol. The molecule has 0 fully saturated rings. The van der Waals surface area contributed by atoms with Crippen LogP contribution in [-0.2, 0) is 6.42 Å². The van der Waals surface area contributed by atoms with Crippen molar-refractivity contribution in [1.82, 2.24) is 0 Å². The van der Waals surface area contributed by atoms with Crippen molar-refractivity contribution in [1.29, 1.82) is 0 Å². The van der Waals surface area contributed by atoms with Crippen LogP contribution in [0.3, 0.4) is 0 Å². The van der Waals surface area contributed by atoms with Crippen molar-refractivity contribution in [3.63, 3.8) is 0 Å². The fourth-order valence-corrected chi connectivity index (χ4v) is 3.11. The van der Waals surface area contributed by atoms with Crippen molar-refractivity contribution >= 4 is 28.9 Å². The molecule has 0 radical (unpaired) electrons. The number of fused-ring (bicyclic) bond motifs is 1. The zero-order valence-electron chi connectivity index (χ0n) is 11.6. The molecule has 2 aromatic carbocycles. The van der Waals surface area contributed by atoms with Crippen molar-refractivity contribution in [2.75, 3.05) is 18.0 Å². The summed E-state index contributed by atoms with van der Waals surface area (Å²) in [5, 5.41) is 11.3. The van der Waals surface area contributed by atoms with Crippen LogP contribution in [0.4, 0.5) is 5.69 Å². The van der Waals surface area contributed by atoms with E-state index >= 15 is 0 Å². The summed E-state index contributed by atoms with van der Waals surface area (Å²) in [6, 6.07) is 13.8. The Balaban J connectivity index is 1.64. The van der Waals surface area contributed by atoms with Gasteiger partial charge in [-0.25, -0.2) is 0 Å². The summed E-state index contributed by atoms with van der Waals surface area (Å²) in [5.74, 6) is 0. The molecule has 0 aromatic heterocycles. The van der Waals surface area contributed by atoms with Crippen LogP contribution in [0.1, 0.15) is 23.7 Å². The van der Waals surface area contributed by atoms with Crippen molar-refractivity contribution < 1.29 is 5.11 Å². The monoisotopic (exact) mass is 321 g/mol. The van der Waals surface area contributed by atoms with Crippen molar-refractivity contribution in [3.8, 4) is 0 Å². The van der Waals surface area contributed by atoms with E-state index in [0.29, 0.717) is 16.5 Å². The van der Waals surface area contributed by atoms with Gasteiger partial charge in [-0.15, -0.1) is 0 Å². The van der Waals surface area contributed by atoms with Crippen LogP contribution in [0.15, 0.2) is 42.5 Å². The van der Waals surface area contributed by atoms with Gasteiger partial charge in [0.05, 0.1) is 16.1 Å². The fourth-order valence-electron chi connectivity index (χ4n) is 2.80. The van der Waals surface area contributed by atoms with Gasteiger partial charge in [0.1, 0.15) is 0 Å². The lowest BCUT2D eigenvalue weighted by molar-refractivity contribution is 0.169. The van der Waals surface area contributed by atoms with E-state index in [0.717, 1.165) is 25.1 Å². The van der Waals surface area contributed by atoms with Gasteiger partial charge in [0, 0.05) is 18.8 Å². The van der Waals surface area contributed by atoms with Gasteiger partial charge < -0.3 is 10.0 Å². The highest BCUT2D eigenvalue weighted by molar-refractivity contribution is 6.42. The second-order valence-electron chi connectivity index (χ2n) is 5.34. The van der Waals surface area contributed by atoms with Gasteiger partial charge in [-0.05, 0) is 42.2 Å². The summed E-state index contributed by atoms with van der Waals surface area (Å²) in [6.07, 6.45) is 1.23. The molecule has 1 N–H and O–H groups in total. The first-order valence-electron chi connectivity index (χ1n) is 7.11. The highest BCUT2D eigenvalue weighted by atomic mass is 35.5. The van der Waals surface area contributed by atoms with Gasteiger partial charge in [-0.1, -0.05) is 47.5 Å². The quantitative estimate of drug-likeness (QED) is 0.897. The van der Waals surface area contributed by atoms with Crippen LogP contribution in [0.2, 0.25) is 10.0 Å². The fraction of sp³-hybridized carbons (Fsp3) is 0.294. The number of benzene rings is 2. The molecule has 1 heterocycles. The standard InChI is InChI=1S/C17H17Cl2NO/c18-14-6-5-13(11-15(14)19)17(21)8-10-20-9-7-12-3-1-2-4-16(12)20/h1-6,11,17,21H,7-10H2. The molecule has 1 atom stereocenters. The average Bonchev–Trinajstić information content (AvgIpc) is 2.91. The summed E-state index contributed by atoms with van der Waals surface area (Å²) in [6.45, 7) is 1.85. The van der Waals surface area contributed by atoms with Crippen molar-refractivity contribution in [3.05, 3.63) is 63.6 Å². The zero-order chi connectivity index (χ0) is 14.8. The van der Waals surface area contributed by atoms with Gasteiger partial charge in [-0.3, -0.25) is 0 Å². The second-order valence-corrected chi connectivity index (χ2v) is 6.16. The minimum atomic E-state index is -0.521. The number of hydrogen-bond donors (Lipinski definition) is 1. The van der Waals surface area contributed by atoms with Gasteiger partial charge in [0.25, 0.3) is 0 Å². The summed E-state index contributed by atoms with van der Waals surface area (Å²) >= 11 is 11.9. The highest BCUT2D eigenvalue weighted by Crippen LogP contribution is 2.30. The number of halogens is 2. The molecule has 0 saturated carbocycles. The van der Waals surface area contributed by atoms with Crippen LogP contribution < -0.4 is 4.90 Å². The predicted molar refractivity (Wildman–Crippen MR) is 88.4 cm³/mol. The number of nitrogens with zero attached hydrogens (tertiary/aromatic N) is 1. The van der Waals surface area contributed by atoms with Crippen LogP contribution in [0.25, 0.3) is 0 Å². The van der Waals surface area contributed by atoms with Gasteiger partial charge >= 0.3 is 0 Å². The van der Waals surface area contributed by atoms with Crippen LogP contribution in [0, 0.1) is 0 Å². The first-order chi connectivity index (χ1) is 10.1. The third-order valence-corrected chi connectivity index (χ3v) is 4.72. The molecule has 2 nitrogen and oxygen atoms in total. The minimum absolute atomic E-state index is 0.486. The maximum absolute atomic E-state index is 10.3. The van der Waals surface area contributed by atoms with E-state index in [-0.39, 0.29) is 0 Å². The van der Waals surface area contributed by atoms with E-state index < -0.39 is 6.10 Å². The highest BCUT2D eigenvalue weighted by Gasteiger charge is 2.19. The van der Waals surface area contributed by atoms with Gasteiger partial charge in [-0.2, -0.15) is 0 Å². The van der Waals surface area contributed by atoms with Crippen LogP contribution >= 0.6 is 23.2 Å². The zero-order valence-corrected chi connectivity index (χ0v) is 13.1. The molecule has 0 bridgehead atoms. The molecule has 1 unspecified atom stereocenters. The third-order valence-electron chi connectivity index (χ3n) is 3.98. The lowest BCUT2D eigenvalue weighted by Crippen LogP contribution is -2.23. The Bertz CT molecular complexity index is 644. The number of aliphatic hydroxyl groups excluding tert-OH is 1. The molecule has 3 rings (SSSR count). The third kappa shape index (κ3) is 3.18. The molecular formula is C17H17Cl2NO. The average molecular weight is 322 g/mol. The number of aliphatic hydroxyl groups is 1. The Labute approximate surface area is 134 Å². The van der Waals surface area contributed by atoms with E-state index in [1.807, 2.05) is 6.07 Å². The Morgan fingerprint density at radius 2 is 1.90 bits per heavy atom. The SMILES string of the molecule is OC(CCN1CCc2ccccc21)c1ccc(Cl)c(Cl)c1. The summed E-state index contributed by atoms with van der Waals surface area (Å²) in [4.78, 5) is 2.33. The Morgan fingerprint density at radius 3 is 2.71 bits per heavy atom. The first kappa shape index (κ1) is 14.7. The smallest absolute Gasteiger partial charge is 0.0807 e. The lowest BCUT2D eigenvalue weighted by atomic mass is 10.1. The lowest BCUT2D eigenvalue weighted by Gasteiger charge is -2.21. The summed E-state index contributed by atoms with van der Waals surface area (Å²) in [7, 11) is 0. The maximum Gasteiger partial charge on any atom is 0.0807 e. The molecule has 1 aliphatic rings. The summed E-state index contributed by atoms with van der Waals surface area (Å²) in [5.41, 5.74) is 3.50. The van der Waals surface area contributed by atoms with E-state index in [9.17, 15) is 5.11 Å². The number of rotatable bonds is 4.